The summed E-state index contributed by atoms with van der Waals surface area (Å²) < 4.78 is 28.7. The van der Waals surface area contributed by atoms with Crippen LogP contribution in [0.25, 0.3) is 0 Å². The van der Waals surface area contributed by atoms with Crippen LogP contribution in [0, 0.1) is 13.8 Å². The van der Waals surface area contributed by atoms with Gasteiger partial charge in [0, 0.05) is 12.6 Å². The third kappa shape index (κ3) is 7.22. The second-order valence-electron chi connectivity index (χ2n) is 9.66. The Morgan fingerprint density at radius 1 is 0.842 bits per heavy atom. The summed E-state index contributed by atoms with van der Waals surface area (Å²) in [6.45, 7) is 9.05. The lowest BCUT2D eigenvalue weighted by Gasteiger charge is -2.32. The van der Waals surface area contributed by atoms with Crippen LogP contribution in [-0.4, -0.2) is 43.8 Å². The zero-order valence-corrected chi connectivity index (χ0v) is 23.5. The summed E-state index contributed by atoms with van der Waals surface area (Å²) >= 11 is 0. The average Bonchev–Trinajstić information content (AvgIpc) is 2.91. The molecule has 8 heteroatoms. The number of benzene rings is 3. The van der Waals surface area contributed by atoms with Gasteiger partial charge in [-0.15, -0.1) is 0 Å². The summed E-state index contributed by atoms with van der Waals surface area (Å²) in [4.78, 5) is 28.5. The van der Waals surface area contributed by atoms with Gasteiger partial charge in [-0.25, -0.2) is 8.42 Å². The molecule has 3 aromatic carbocycles. The summed E-state index contributed by atoms with van der Waals surface area (Å²) in [6.07, 6.45) is 0.751. The molecular formula is C30H37N3O4S. The van der Waals surface area contributed by atoms with Crippen molar-refractivity contribution in [3.8, 4) is 0 Å². The number of aryl methyl sites for hydroxylation is 2. The van der Waals surface area contributed by atoms with E-state index in [1.165, 1.54) is 4.90 Å². The predicted molar refractivity (Wildman–Crippen MR) is 151 cm³/mol. The maximum Gasteiger partial charge on any atom is 0.264 e. The van der Waals surface area contributed by atoms with Crippen LogP contribution in [0.4, 0.5) is 5.69 Å². The number of rotatable bonds is 11. The van der Waals surface area contributed by atoms with Crippen molar-refractivity contribution in [2.75, 3.05) is 10.8 Å². The lowest BCUT2D eigenvalue weighted by atomic mass is 10.1. The first kappa shape index (κ1) is 28.9. The van der Waals surface area contributed by atoms with Gasteiger partial charge in [0.15, 0.2) is 0 Å². The number of sulfonamides is 1. The Bertz CT molecular complexity index is 1320. The van der Waals surface area contributed by atoms with Gasteiger partial charge in [0.2, 0.25) is 11.8 Å². The number of hydrogen-bond acceptors (Lipinski definition) is 4. The Labute approximate surface area is 226 Å². The van der Waals surface area contributed by atoms with E-state index >= 15 is 0 Å². The van der Waals surface area contributed by atoms with Crippen molar-refractivity contribution < 1.29 is 18.0 Å². The molecule has 0 aliphatic rings. The van der Waals surface area contributed by atoms with E-state index < -0.39 is 28.5 Å². The van der Waals surface area contributed by atoms with Crippen molar-refractivity contribution in [2.45, 2.75) is 64.6 Å². The van der Waals surface area contributed by atoms with Gasteiger partial charge in [0.05, 0.1) is 10.6 Å². The highest BCUT2D eigenvalue weighted by Gasteiger charge is 2.32. The largest absolute Gasteiger partial charge is 0.352 e. The molecule has 2 amide bonds. The molecule has 202 valence electrons. The Kier molecular flexibility index (Phi) is 9.69. The third-order valence-electron chi connectivity index (χ3n) is 6.57. The summed E-state index contributed by atoms with van der Waals surface area (Å²) in [6, 6.07) is 22.0. The molecule has 0 radical (unpaired) electrons. The number of anilines is 1. The number of amides is 2. The van der Waals surface area contributed by atoms with Gasteiger partial charge in [0.25, 0.3) is 10.0 Å². The van der Waals surface area contributed by atoms with E-state index in [0.717, 1.165) is 27.4 Å². The molecule has 0 saturated carbocycles. The molecule has 0 aliphatic carbocycles. The molecule has 2 atom stereocenters. The topological polar surface area (TPSA) is 86.8 Å². The highest BCUT2D eigenvalue weighted by Crippen LogP contribution is 2.25. The Morgan fingerprint density at radius 3 is 1.95 bits per heavy atom. The lowest BCUT2D eigenvalue weighted by molar-refractivity contribution is -0.139. The molecular weight excluding hydrogens is 498 g/mol. The zero-order valence-electron chi connectivity index (χ0n) is 22.7. The fourth-order valence-electron chi connectivity index (χ4n) is 3.91. The molecule has 3 rings (SSSR count). The summed E-state index contributed by atoms with van der Waals surface area (Å²) in [5.74, 6) is -0.760. The van der Waals surface area contributed by atoms with Crippen molar-refractivity contribution >= 4 is 27.5 Å². The SMILES string of the molecule is CC[C@@H](C)NC(=O)[C@H](C)N(Cc1ccccc1)C(=O)CN(c1ccc(C)cc1)S(=O)(=O)c1ccc(C)cc1. The van der Waals surface area contributed by atoms with Crippen molar-refractivity contribution in [3.63, 3.8) is 0 Å². The van der Waals surface area contributed by atoms with Crippen LogP contribution >= 0.6 is 0 Å². The second kappa shape index (κ2) is 12.7. The smallest absolute Gasteiger partial charge is 0.264 e. The van der Waals surface area contributed by atoms with Crippen LogP contribution in [0.5, 0.6) is 0 Å². The number of nitrogens with one attached hydrogen (secondary N) is 1. The number of carbonyl (C=O) groups is 2. The minimum Gasteiger partial charge on any atom is -0.352 e. The summed E-state index contributed by atoms with van der Waals surface area (Å²) in [5.41, 5.74) is 3.11. The molecule has 0 heterocycles. The molecule has 0 fully saturated rings. The highest BCUT2D eigenvalue weighted by atomic mass is 32.2. The molecule has 0 saturated heterocycles. The lowest BCUT2D eigenvalue weighted by Crippen LogP contribution is -2.52. The maximum absolute atomic E-state index is 13.9. The maximum atomic E-state index is 13.9. The molecule has 0 spiro atoms. The molecule has 0 aromatic heterocycles. The molecule has 38 heavy (non-hydrogen) atoms. The van der Waals surface area contributed by atoms with Gasteiger partial charge in [-0.1, -0.05) is 72.6 Å². The van der Waals surface area contributed by atoms with Gasteiger partial charge < -0.3 is 10.2 Å². The highest BCUT2D eigenvalue weighted by molar-refractivity contribution is 7.92. The van der Waals surface area contributed by atoms with Gasteiger partial charge in [-0.05, 0) is 63.9 Å². The van der Waals surface area contributed by atoms with E-state index in [-0.39, 0.29) is 23.4 Å². The predicted octanol–water partition coefficient (Wildman–Crippen LogP) is 4.83. The quantitative estimate of drug-likeness (QED) is 0.381. The van der Waals surface area contributed by atoms with Gasteiger partial charge in [0.1, 0.15) is 12.6 Å². The fourth-order valence-corrected chi connectivity index (χ4v) is 5.32. The fraction of sp³-hybridized carbons (Fsp3) is 0.333. The molecule has 1 N–H and O–H groups in total. The van der Waals surface area contributed by atoms with Crippen molar-refractivity contribution in [1.82, 2.24) is 10.2 Å². The Morgan fingerprint density at radius 2 is 1.39 bits per heavy atom. The van der Waals surface area contributed by atoms with Gasteiger partial charge in [-0.3, -0.25) is 13.9 Å². The molecule has 3 aromatic rings. The molecule has 0 unspecified atom stereocenters. The molecule has 7 nitrogen and oxygen atoms in total. The van der Waals surface area contributed by atoms with E-state index in [4.69, 9.17) is 0 Å². The van der Waals surface area contributed by atoms with Crippen molar-refractivity contribution in [1.29, 1.82) is 0 Å². The number of nitrogens with zero attached hydrogens (tertiary/aromatic N) is 2. The second-order valence-corrected chi connectivity index (χ2v) is 11.5. The van der Waals surface area contributed by atoms with E-state index in [9.17, 15) is 18.0 Å². The monoisotopic (exact) mass is 535 g/mol. The van der Waals surface area contributed by atoms with E-state index in [1.807, 2.05) is 58.0 Å². The first-order valence-corrected chi connectivity index (χ1v) is 14.3. The molecule has 0 aliphatic heterocycles. The van der Waals surface area contributed by atoms with Crippen LogP contribution in [-0.2, 0) is 26.2 Å². The summed E-state index contributed by atoms with van der Waals surface area (Å²) in [5, 5.41) is 2.94. The van der Waals surface area contributed by atoms with Crippen LogP contribution in [0.2, 0.25) is 0 Å². The minimum atomic E-state index is -4.07. The summed E-state index contributed by atoms with van der Waals surface area (Å²) in [7, 11) is -4.07. The third-order valence-corrected chi connectivity index (χ3v) is 8.36. The van der Waals surface area contributed by atoms with Gasteiger partial charge >= 0.3 is 0 Å². The van der Waals surface area contributed by atoms with Crippen molar-refractivity contribution in [2.24, 2.45) is 0 Å². The van der Waals surface area contributed by atoms with Crippen LogP contribution < -0.4 is 9.62 Å². The molecule has 0 bridgehead atoms. The van der Waals surface area contributed by atoms with Gasteiger partial charge in [-0.2, -0.15) is 0 Å². The van der Waals surface area contributed by atoms with Crippen LogP contribution in [0.1, 0.15) is 43.9 Å². The van der Waals surface area contributed by atoms with E-state index in [1.54, 1.807) is 55.5 Å². The first-order valence-electron chi connectivity index (χ1n) is 12.8. The number of hydrogen-bond donors (Lipinski definition) is 1. The Hall–Kier alpha value is -3.65. The Balaban J connectivity index is 2.00. The van der Waals surface area contributed by atoms with Crippen molar-refractivity contribution in [3.05, 3.63) is 95.6 Å². The first-order chi connectivity index (χ1) is 18.0. The van der Waals surface area contributed by atoms with E-state index in [0.29, 0.717) is 5.69 Å². The number of carbonyl (C=O) groups excluding carboxylic acids is 2. The normalized spacial score (nSPS) is 12.9. The van der Waals surface area contributed by atoms with E-state index in [2.05, 4.69) is 5.32 Å². The van der Waals surface area contributed by atoms with Crippen LogP contribution in [0.3, 0.4) is 0 Å². The standard InChI is InChI=1S/C30H37N3O4S/c1-6-24(4)31-30(35)25(5)32(20-26-10-8-7-9-11-26)29(34)21-33(27-16-12-22(2)13-17-27)38(36,37)28-18-14-23(3)15-19-28/h7-19,24-25H,6,20-21H2,1-5H3,(H,31,35)/t24-,25+/m1/s1. The average molecular weight is 536 g/mol. The van der Waals surface area contributed by atoms with Crippen LogP contribution in [0.15, 0.2) is 83.8 Å². The minimum absolute atomic E-state index is 0.0513. The zero-order chi connectivity index (χ0) is 27.9.